The number of nitrogens with two attached hydrogens (primary N) is 1. The average Bonchev–Trinajstić information content (AvgIpc) is 2.58. The molecular formula is C9H12ClNO3S. The van der Waals surface area contributed by atoms with Gasteiger partial charge < -0.3 is 15.3 Å². The minimum atomic E-state index is -0.844. The quantitative estimate of drug-likeness (QED) is 0.806. The van der Waals surface area contributed by atoms with Crippen molar-refractivity contribution in [3.8, 4) is 0 Å². The first kappa shape index (κ1) is 12.4. The zero-order valence-corrected chi connectivity index (χ0v) is 9.55. The summed E-state index contributed by atoms with van der Waals surface area (Å²) in [5.41, 5.74) is 5.32. The third kappa shape index (κ3) is 4.15. The Balaban J connectivity index is 2.43. The molecule has 0 aliphatic carbocycles. The Morgan fingerprint density at radius 2 is 2.40 bits per heavy atom. The van der Waals surface area contributed by atoms with Crippen LogP contribution < -0.4 is 5.73 Å². The van der Waals surface area contributed by atoms with Crippen molar-refractivity contribution in [1.82, 2.24) is 0 Å². The Kier molecular flexibility index (Phi) is 5.01. The second kappa shape index (κ2) is 6.05. The maximum absolute atomic E-state index is 10.8. The molecule has 0 saturated carbocycles. The van der Waals surface area contributed by atoms with E-state index in [9.17, 15) is 4.79 Å². The fraction of sp³-hybridized carbons (Fsp3) is 0.444. The summed E-state index contributed by atoms with van der Waals surface area (Å²) in [6.45, 7) is 0.364. The van der Waals surface area contributed by atoms with E-state index in [4.69, 9.17) is 26.9 Å². The molecule has 0 bridgehead atoms. The predicted octanol–water partition coefficient (Wildman–Crippen LogP) is 1.97. The van der Waals surface area contributed by atoms with Gasteiger partial charge in [0.2, 0.25) is 0 Å². The summed E-state index contributed by atoms with van der Waals surface area (Å²) < 4.78 is 5.11. The van der Waals surface area contributed by atoms with Gasteiger partial charge in [-0.3, -0.25) is 4.79 Å². The predicted molar refractivity (Wildman–Crippen MR) is 60.1 cm³/mol. The summed E-state index contributed by atoms with van der Waals surface area (Å²) in [4.78, 5) is 10.8. The van der Waals surface area contributed by atoms with Gasteiger partial charge in [0.25, 0.3) is 0 Å². The maximum Gasteiger partial charge on any atom is 0.316 e. The number of carboxylic acids is 1. The molecular weight excluding hydrogens is 238 g/mol. The smallest absolute Gasteiger partial charge is 0.316 e. The number of rotatable bonds is 6. The van der Waals surface area contributed by atoms with Crippen LogP contribution in [0.15, 0.2) is 16.5 Å². The Bertz CT molecular complexity index is 329. The summed E-state index contributed by atoms with van der Waals surface area (Å²) in [6.07, 6.45) is 0.453. The van der Waals surface area contributed by atoms with Crippen LogP contribution in [0, 0.1) is 0 Å². The molecule has 0 aliphatic heterocycles. The van der Waals surface area contributed by atoms with E-state index in [1.54, 1.807) is 12.1 Å². The van der Waals surface area contributed by atoms with E-state index in [0.29, 0.717) is 29.7 Å². The number of furan rings is 1. The van der Waals surface area contributed by atoms with Crippen molar-refractivity contribution < 1.29 is 14.3 Å². The minimum absolute atomic E-state index is 0.316. The summed E-state index contributed by atoms with van der Waals surface area (Å²) in [6, 6.07) is 3.37. The molecule has 1 aromatic rings. The number of aliphatic carboxylic acids is 1. The molecule has 0 amide bonds. The maximum atomic E-state index is 10.8. The van der Waals surface area contributed by atoms with E-state index in [1.807, 2.05) is 0 Å². The number of hydrogen-bond donors (Lipinski definition) is 2. The van der Waals surface area contributed by atoms with E-state index in [-0.39, 0.29) is 0 Å². The Hall–Kier alpha value is -0.650. The fourth-order valence-electron chi connectivity index (χ4n) is 1.04. The van der Waals surface area contributed by atoms with Crippen molar-refractivity contribution >= 4 is 29.3 Å². The van der Waals surface area contributed by atoms with Gasteiger partial charge in [0, 0.05) is 0 Å². The topological polar surface area (TPSA) is 76.5 Å². The van der Waals surface area contributed by atoms with Gasteiger partial charge in [-0.2, -0.15) is 0 Å². The van der Waals surface area contributed by atoms with Crippen molar-refractivity contribution in [2.24, 2.45) is 5.73 Å². The highest BCUT2D eigenvalue weighted by Gasteiger charge is 2.17. The lowest BCUT2D eigenvalue weighted by atomic mass is 10.3. The highest BCUT2D eigenvalue weighted by atomic mass is 35.5. The van der Waals surface area contributed by atoms with E-state index in [1.165, 1.54) is 11.8 Å². The highest BCUT2D eigenvalue weighted by molar-refractivity contribution is 7.99. The van der Waals surface area contributed by atoms with Crippen LogP contribution in [-0.4, -0.2) is 22.9 Å². The molecule has 1 rings (SSSR count). The number of carbonyl (C=O) groups is 1. The lowest BCUT2D eigenvalue weighted by molar-refractivity contribution is -0.136. The van der Waals surface area contributed by atoms with E-state index in [2.05, 4.69) is 0 Å². The van der Waals surface area contributed by atoms with Crippen LogP contribution in [0.25, 0.3) is 0 Å². The summed E-state index contributed by atoms with van der Waals surface area (Å²) in [5, 5.41) is 8.68. The van der Waals surface area contributed by atoms with Crippen LogP contribution in [0.3, 0.4) is 0 Å². The number of hydrogen-bond acceptors (Lipinski definition) is 4. The number of halogens is 1. The molecule has 3 N–H and O–H groups in total. The SMILES string of the molecule is NCCC(SCc1ccc(Cl)o1)C(=O)O. The van der Waals surface area contributed by atoms with Crippen molar-refractivity contribution in [2.45, 2.75) is 17.4 Å². The molecule has 0 spiro atoms. The molecule has 0 radical (unpaired) electrons. The second-order valence-electron chi connectivity index (χ2n) is 2.92. The highest BCUT2D eigenvalue weighted by Crippen LogP contribution is 2.23. The molecule has 0 fully saturated rings. The Morgan fingerprint density at radius 3 is 2.87 bits per heavy atom. The molecule has 1 atom stereocenters. The van der Waals surface area contributed by atoms with Crippen molar-refractivity contribution in [1.29, 1.82) is 0 Å². The zero-order chi connectivity index (χ0) is 11.3. The largest absolute Gasteiger partial charge is 0.480 e. The van der Waals surface area contributed by atoms with Crippen LogP contribution in [0.4, 0.5) is 0 Å². The molecule has 1 aromatic heterocycles. The number of carboxylic acid groups (broad SMARTS) is 1. The monoisotopic (exact) mass is 249 g/mol. The van der Waals surface area contributed by atoms with Crippen LogP contribution in [0.1, 0.15) is 12.2 Å². The molecule has 0 aromatic carbocycles. The molecule has 1 unspecified atom stereocenters. The minimum Gasteiger partial charge on any atom is -0.480 e. The fourth-order valence-corrected chi connectivity index (χ4v) is 2.17. The Labute approximate surface area is 96.8 Å². The van der Waals surface area contributed by atoms with Crippen molar-refractivity contribution in [2.75, 3.05) is 6.54 Å². The summed E-state index contributed by atoms with van der Waals surface area (Å²) in [7, 11) is 0. The lowest BCUT2D eigenvalue weighted by Gasteiger charge is -2.08. The summed E-state index contributed by atoms with van der Waals surface area (Å²) in [5.74, 6) is 0.320. The van der Waals surface area contributed by atoms with Gasteiger partial charge >= 0.3 is 5.97 Å². The van der Waals surface area contributed by atoms with Crippen LogP contribution in [0.2, 0.25) is 5.22 Å². The van der Waals surface area contributed by atoms with Gasteiger partial charge in [-0.25, -0.2) is 0 Å². The number of thioether (sulfide) groups is 1. The van der Waals surface area contributed by atoms with E-state index in [0.717, 1.165) is 0 Å². The zero-order valence-electron chi connectivity index (χ0n) is 7.98. The summed E-state index contributed by atoms with van der Waals surface area (Å²) >= 11 is 6.88. The van der Waals surface area contributed by atoms with Crippen LogP contribution >= 0.6 is 23.4 Å². The first-order valence-electron chi connectivity index (χ1n) is 4.42. The van der Waals surface area contributed by atoms with Gasteiger partial charge in [0.1, 0.15) is 11.0 Å². The van der Waals surface area contributed by atoms with E-state index < -0.39 is 11.2 Å². The molecule has 15 heavy (non-hydrogen) atoms. The molecule has 84 valence electrons. The van der Waals surface area contributed by atoms with Gasteiger partial charge in [0.05, 0.1) is 5.75 Å². The first-order valence-corrected chi connectivity index (χ1v) is 5.85. The standard InChI is InChI=1S/C9H12ClNO3S/c10-8-2-1-6(14-8)5-15-7(3-4-11)9(12)13/h1-2,7H,3-5,11H2,(H,12,13). The van der Waals surface area contributed by atoms with E-state index >= 15 is 0 Å². The third-order valence-electron chi connectivity index (χ3n) is 1.76. The van der Waals surface area contributed by atoms with Gasteiger partial charge in [0.15, 0.2) is 5.22 Å². The molecule has 4 nitrogen and oxygen atoms in total. The Morgan fingerprint density at radius 1 is 1.67 bits per heavy atom. The van der Waals surface area contributed by atoms with Crippen LogP contribution in [-0.2, 0) is 10.5 Å². The molecule has 6 heteroatoms. The molecule has 0 aliphatic rings. The van der Waals surface area contributed by atoms with Gasteiger partial charge in [-0.1, -0.05) is 0 Å². The molecule has 1 heterocycles. The third-order valence-corrected chi connectivity index (χ3v) is 3.25. The van der Waals surface area contributed by atoms with Gasteiger partial charge in [-0.15, -0.1) is 11.8 Å². The van der Waals surface area contributed by atoms with Crippen LogP contribution in [0.5, 0.6) is 0 Å². The van der Waals surface area contributed by atoms with Crippen molar-refractivity contribution in [3.63, 3.8) is 0 Å². The molecule has 0 saturated heterocycles. The normalized spacial score (nSPS) is 12.7. The van der Waals surface area contributed by atoms with Crippen molar-refractivity contribution in [3.05, 3.63) is 23.1 Å². The lowest BCUT2D eigenvalue weighted by Crippen LogP contribution is -2.20. The first-order chi connectivity index (χ1) is 7.13. The average molecular weight is 250 g/mol. The second-order valence-corrected chi connectivity index (χ2v) is 4.48. The van der Waals surface area contributed by atoms with Gasteiger partial charge in [-0.05, 0) is 36.7 Å².